The van der Waals surface area contributed by atoms with Crippen LogP contribution in [0.3, 0.4) is 0 Å². The minimum atomic E-state index is 0.592. The SMILES string of the molecule is Br/C1=C(\Br)COCCCC/C=C/COC1. The summed E-state index contributed by atoms with van der Waals surface area (Å²) in [6, 6.07) is 0. The third-order valence-electron chi connectivity index (χ3n) is 2.04. The number of ether oxygens (including phenoxy) is 2. The van der Waals surface area contributed by atoms with Gasteiger partial charge in [0.25, 0.3) is 0 Å². The highest BCUT2D eigenvalue weighted by atomic mass is 79.9. The quantitative estimate of drug-likeness (QED) is 0.625. The lowest BCUT2D eigenvalue weighted by Gasteiger charge is -2.05. The second-order valence-corrected chi connectivity index (χ2v) is 5.26. The predicted molar refractivity (Wildman–Crippen MR) is 69.5 cm³/mol. The fraction of sp³-hybridized carbons (Fsp3) is 0.636. The van der Waals surface area contributed by atoms with Crippen LogP contribution < -0.4 is 0 Å². The Hall–Kier alpha value is 0.360. The topological polar surface area (TPSA) is 18.5 Å². The Morgan fingerprint density at radius 3 is 2.47 bits per heavy atom. The van der Waals surface area contributed by atoms with E-state index in [0.717, 1.165) is 28.4 Å². The molecular weight excluding hydrogens is 324 g/mol. The highest BCUT2D eigenvalue weighted by Crippen LogP contribution is 2.19. The maximum Gasteiger partial charge on any atom is 0.0795 e. The van der Waals surface area contributed by atoms with Gasteiger partial charge in [-0.15, -0.1) is 0 Å². The molecule has 15 heavy (non-hydrogen) atoms. The standard InChI is InChI=1S/C11H16Br2O2/c12-10-8-14-6-4-2-1-3-5-7-15-9-11(10)13/h2,4H,1,3,5-9H2/b4-2+,11-10-. The minimum absolute atomic E-state index is 0.592. The van der Waals surface area contributed by atoms with E-state index in [9.17, 15) is 0 Å². The van der Waals surface area contributed by atoms with Crippen LogP contribution in [0.1, 0.15) is 19.3 Å². The number of rotatable bonds is 0. The van der Waals surface area contributed by atoms with Crippen molar-refractivity contribution in [1.29, 1.82) is 0 Å². The van der Waals surface area contributed by atoms with Crippen molar-refractivity contribution in [2.45, 2.75) is 19.3 Å². The summed E-state index contributed by atoms with van der Waals surface area (Å²) in [5.74, 6) is 0. The normalized spacial score (nSPS) is 28.7. The van der Waals surface area contributed by atoms with Gasteiger partial charge in [0, 0.05) is 15.6 Å². The molecule has 0 spiro atoms. The van der Waals surface area contributed by atoms with Gasteiger partial charge in [-0.25, -0.2) is 0 Å². The van der Waals surface area contributed by atoms with Gasteiger partial charge in [0.1, 0.15) is 0 Å². The largest absolute Gasteiger partial charge is 0.376 e. The Bertz CT molecular complexity index is 237. The summed E-state index contributed by atoms with van der Waals surface area (Å²) < 4.78 is 13.0. The highest BCUT2D eigenvalue weighted by Gasteiger charge is 2.02. The van der Waals surface area contributed by atoms with Crippen molar-refractivity contribution in [2.75, 3.05) is 26.4 Å². The molecular formula is C11H16Br2O2. The zero-order chi connectivity index (χ0) is 10.9. The molecule has 1 rings (SSSR count). The lowest BCUT2D eigenvalue weighted by Crippen LogP contribution is -2.00. The van der Waals surface area contributed by atoms with Crippen molar-refractivity contribution in [3.8, 4) is 0 Å². The summed E-state index contributed by atoms with van der Waals surface area (Å²) in [6.45, 7) is 2.71. The fourth-order valence-corrected chi connectivity index (χ4v) is 1.74. The summed E-state index contributed by atoms with van der Waals surface area (Å²) in [6.07, 6.45) is 7.65. The Morgan fingerprint density at radius 1 is 0.933 bits per heavy atom. The van der Waals surface area contributed by atoms with Crippen LogP contribution in [-0.4, -0.2) is 26.4 Å². The van der Waals surface area contributed by atoms with Crippen LogP contribution in [0.4, 0.5) is 0 Å². The molecule has 2 nitrogen and oxygen atoms in total. The lowest BCUT2D eigenvalue weighted by molar-refractivity contribution is 0.155. The molecule has 0 unspecified atom stereocenters. The first-order chi connectivity index (χ1) is 7.30. The minimum Gasteiger partial charge on any atom is -0.376 e. The van der Waals surface area contributed by atoms with E-state index >= 15 is 0 Å². The molecule has 0 aromatic heterocycles. The lowest BCUT2D eigenvalue weighted by atomic mass is 10.2. The molecule has 1 heterocycles. The molecule has 0 aromatic carbocycles. The molecule has 0 aromatic rings. The average molecular weight is 340 g/mol. The Balaban J connectivity index is 2.42. The van der Waals surface area contributed by atoms with Crippen LogP contribution in [0.25, 0.3) is 0 Å². The maximum absolute atomic E-state index is 5.52. The van der Waals surface area contributed by atoms with Gasteiger partial charge >= 0.3 is 0 Å². The third-order valence-corrected chi connectivity index (χ3v) is 3.99. The van der Waals surface area contributed by atoms with Crippen molar-refractivity contribution in [3.63, 3.8) is 0 Å². The number of allylic oxidation sites excluding steroid dienone is 1. The van der Waals surface area contributed by atoms with E-state index in [0.29, 0.717) is 19.8 Å². The molecule has 0 N–H and O–H groups in total. The van der Waals surface area contributed by atoms with Crippen molar-refractivity contribution in [1.82, 2.24) is 0 Å². The molecule has 0 saturated carbocycles. The van der Waals surface area contributed by atoms with Gasteiger partial charge in [0.2, 0.25) is 0 Å². The molecule has 0 bridgehead atoms. The molecule has 86 valence electrons. The molecule has 4 heteroatoms. The summed E-state index contributed by atoms with van der Waals surface area (Å²) in [5.41, 5.74) is 0. The van der Waals surface area contributed by atoms with Crippen molar-refractivity contribution in [3.05, 3.63) is 21.1 Å². The first-order valence-electron chi connectivity index (χ1n) is 5.14. The smallest absolute Gasteiger partial charge is 0.0795 e. The van der Waals surface area contributed by atoms with Crippen LogP contribution >= 0.6 is 31.9 Å². The van der Waals surface area contributed by atoms with Crippen molar-refractivity contribution >= 4 is 31.9 Å². The number of hydrogen-bond acceptors (Lipinski definition) is 2. The van der Waals surface area contributed by atoms with Crippen LogP contribution in [0.15, 0.2) is 21.1 Å². The zero-order valence-electron chi connectivity index (χ0n) is 8.68. The molecule has 0 fully saturated rings. The molecule has 0 radical (unpaired) electrons. The van der Waals surface area contributed by atoms with E-state index in [1.807, 2.05) is 0 Å². The van der Waals surface area contributed by atoms with Gasteiger partial charge in [0.15, 0.2) is 0 Å². The maximum atomic E-state index is 5.52. The number of halogens is 2. The Morgan fingerprint density at radius 2 is 1.67 bits per heavy atom. The second kappa shape index (κ2) is 8.50. The van der Waals surface area contributed by atoms with Crippen molar-refractivity contribution in [2.24, 2.45) is 0 Å². The molecule has 1 aliphatic rings. The summed E-state index contributed by atoms with van der Waals surface area (Å²) in [5, 5.41) is 0. The predicted octanol–water partition coefficient (Wildman–Crippen LogP) is 3.76. The van der Waals surface area contributed by atoms with Crippen LogP contribution in [0.5, 0.6) is 0 Å². The molecule has 0 amide bonds. The Kier molecular flexibility index (Phi) is 7.61. The van der Waals surface area contributed by atoms with Crippen LogP contribution in [-0.2, 0) is 9.47 Å². The molecule has 0 atom stereocenters. The van der Waals surface area contributed by atoms with Crippen molar-refractivity contribution < 1.29 is 9.47 Å². The second-order valence-electron chi connectivity index (χ2n) is 3.34. The van der Waals surface area contributed by atoms with Crippen LogP contribution in [0.2, 0.25) is 0 Å². The van der Waals surface area contributed by atoms with Gasteiger partial charge in [-0.05, 0) is 19.3 Å². The molecule has 1 aliphatic heterocycles. The monoisotopic (exact) mass is 338 g/mol. The van der Waals surface area contributed by atoms with Crippen LogP contribution in [0, 0.1) is 0 Å². The molecule has 0 saturated heterocycles. The van der Waals surface area contributed by atoms with Gasteiger partial charge < -0.3 is 9.47 Å². The van der Waals surface area contributed by atoms with Gasteiger partial charge in [-0.2, -0.15) is 0 Å². The van der Waals surface area contributed by atoms with E-state index in [4.69, 9.17) is 9.47 Å². The molecule has 0 aliphatic carbocycles. The van der Waals surface area contributed by atoms with E-state index in [1.54, 1.807) is 0 Å². The average Bonchev–Trinajstić information content (AvgIpc) is 2.25. The first kappa shape index (κ1) is 13.4. The van der Waals surface area contributed by atoms with Gasteiger partial charge in [0.05, 0.1) is 19.8 Å². The Labute approximate surface area is 108 Å². The summed E-state index contributed by atoms with van der Waals surface area (Å²) in [7, 11) is 0. The number of hydrogen-bond donors (Lipinski definition) is 0. The summed E-state index contributed by atoms with van der Waals surface area (Å²) in [4.78, 5) is 0. The van der Waals surface area contributed by atoms with Gasteiger partial charge in [-0.1, -0.05) is 44.0 Å². The van der Waals surface area contributed by atoms with E-state index in [-0.39, 0.29) is 0 Å². The van der Waals surface area contributed by atoms with E-state index in [1.165, 1.54) is 6.42 Å². The van der Waals surface area contributed by atoms with Gasteiger partial charge in [-0.3, -0.25) is 0 Å². The third kappa shape index (κ3) is 6.51. The summed E-state index contributed by atoms with van der Waals surface area (Å²) >= 11 is 6.94. The first-order valence-corrected chi connectivity index (χ1v) is 6.73. The zero-order valence-corrected chi connectivity index (χ0v) is 11.8. The van der Waals surface area contributed by atoms with E-state index < -0.39 is 0 Å². The highest BCUT2D eigenvalue weighted by molar-refractivity contribution is 9.14. The fourth-order valence-electron chi connectivity index (χ4n) is 1.19. The van der Waals surface area contributed by atoms with E-state index in [2.05, 4.69) is 44.0 Å².